The molecule has 0 aromatic heterocycles. The van der Waals surface area contributed by atoms with Gasteiger partial charge >= 0.3 is 0 Å². The van der Waals surface area contributed by atoms with Crippen molar-refractivity contribution in [2.75, 3.05) is 7.11 Å². The molecule has 20 heavy (non-hydrogen) atoms. The van der Waals surface area contributed by atoms with Gasteiger partial charge in [0.05, 0.1) is 7.11 Å². The van der Waals surface area contributed by atoms with Crippen LogP contribution in [0.2, 0.25) is 0 Å². The molecule has 1 aromatic rings. The molecule has 1 N–H and O–H groups in total. The number of hydrogen-bond donors (Lipinski definition) is 1. The van der Waals surface area contributed by atoms with E-state index in [2.05, 4.69) is 37.4 Å². The molecular formula is C18H29NO. The van der Waals surface area contributed by atoms with Crippen molar-refractivity contribution < 1.29 is 4.74 Å². The van der Waals surface area contributed by atoms with E-state index >= 15 is 0 Å². The third-order valence-electron chi connectivity index (χ3n) is 4.66. The molecule has 1 atom stereocenters. The van der Waals surface area contributed by atoms with Crippen LogP contribution in [0.3, 0.4) is 0 Å². The zero-order chi connectivity index (χ0) is 14.4. The van der Waals surface area contributed by atoms with Crippen LogP contribution >= 0.6 is 0 Å². The van der Waals surface area contributed by atoms with Crippen molar-refractivity contribution in [3.8, 4) is 5.75 Å². The Balaban J connectivity index is 1.82. The molecule has 1 aliphatic carbocycles. The highest BCUT2D eigenvalue weighted by atomic mass is 16.5. The topological polar surface area (TPSA) is 21.3 Å². The maximum atomic E-state index is 5.44. The molecule has 2 rings (SSSR count). The molecule has 0 radical (unpaired) electrons. The van der Waals surface area contributed by atoms with E-state index in [4.69, 9.17) is 4.74 Å². The molecular weight excluding hydrogens is 246 g/mol. The summed E-state index contributed by atoms with van der Waals surface area (Å²) in [5, 5.41) is 3.81. The normalized spacial score (nSPS) is 24.4. The zero-order valence-corrected chi connectivity index (χ0v) is 13.2. The van der Waals surface area contributed by atoms with Gasteiger partial charge in [-0.2, -0.15) is 0 Å². The predicted molar refractivity (Wildman–Crippen MR) is 85.3 cm³/mol. The van der Waals surface area contributed by atoms with Gasteiger partial charge in [-0.05, 0) is 56.6 Å². The standard InChI is InChI=1S/C18H29NO/c1-4-15-9-11-17(12-10-15)19-14(2)13-16-7-5-6-8-18(16)20-3/h5-8,14-15,17,19H,4,9-13H2,1-3H3. The van der Waals surface area contributed by atoms with E-state index in [1.165, 1.54) is 37.7 Å². The third kappa shape index (κ3) is 4.24. The molecule has 1 aliphatic rings. The maximum absolute atomic E-state index is 5.44. The maximum Gasteiger partial charge on any atom is 0.122 e. The quantitative estimate of drug-likeness (QED) is 0.840. The second-order valence-electron chi connectivity index (χ2n) is 6.21. The number of ether oxygens (including phenoxy) is 1. The van der Waals surface area contributed by atoms with Crippen LogP contribution in [0.1, 0.15) is 51.5 Å². The Morgan fingerprint density at radius 3 is 2.55 bits per heavy atom. The first-order chi connectivity index (χ1) is 9.72. The highest BCUT2D eigenvalue weighted by Gasteiger charge is 2.21. The lowest BCUT2D eigenvalue weighted by molar-refractivity contribution is 0.271. The summed E-state index contributed by atoms with van der Waals surface area (Å²) in [6, 6.07) is 9.57. The summed E-state index contributed by atoms with van der Waals surface area (Å²) in [4.78, 5) is 0. The minimum atomic E-state index is 0.509. The number of rotatable bonds is 6. The molecule has 0 saturated heterocycles. The summed E-state index contributed by atoms with van der Waals surface area (Å²) < 4.78 is 5.44. The number of hydrogen-bond acceptors (Lipinski definition) is 2. The lowest BCUT2D eigenvalue weighted by Crippen LogP contribution is -2.40. The van der Waals surface area contributed by atoms with Gasteiger partial charge < -0.3 is 10.1 Å². The molecule has 0 amide bonds. The fraction of sp³-hybridized carbons (Fsp3) is 0.667. The molecule has 0 aliphatic heterocycles. The van der Waals surface area contributed by atoms with Crippen LogP contribution in [-0.2, 0) is 6.42 Å². The largest absolute Gasteiger partial charge is 0.496 e. The Kier molecular flexibility index (Phi) is 5.90. The number of nitrogens with one attached hydrogen (secondary N) is 1. The predicted octanol–water partition coefficient (Wildman–Crippen LogP) is 4.18. The second kappa shape index (κ2) is 7.68. The SMILES string of the molecule is CCC1CCC(NC(C)Cc2ccccc2OC)CC1. The highest BCUT2D eigenvalue weighted by molar-refractivity contribution is 5.33. The van der Waals surface area contributed by atoms with E-state index < -0.39 is 0 Å². The summed E-state index contributed by atoms with van der Waals surface area (Å²) in [6.45, 7) is 4.61. The summed E-state index contributed by atoms with van der Waals surface area (Å²) in [6.07, 6.45) is 7.87. The van der Waals surface area contributed by atoms with Gasteiger partial charge in [0.15, 0.2) is 0 Å². The van der Waals surface area contributed by atoms with Crippen molar-refractivity contribution in [1.29, 1.82) is 0 Å². The van der Waals surface area contributed by atoms with Crippen LogP contribution in [-0.4, -0.2) is 19.2 Å². The van der Waals surface area contributed by atoms with E-state index in [1.807, 2.05) is 6.07 Å². The van der Waals surface area contributed by atoms with Crippen LogP contribution in [0, 0.1) is 5.92 Å². The minimum Gasteiger partial charge on any atom is -0.496 e. The third-order valence-corrected chi connectivity index (χ3v) is 4.66. The van der Waals surface area contributed by atoms with Gasteiger partial charge in [-0.1, -0.05) is 31.5 Å². The first kappa shape index (κ1) is 15.4. The molecule has 1 aromatic carbocycles. The van der Waals surface area contributed by atoms with Gasteiger partial charge in [0.1, 0.15) is 5.75 Å². The van der Waals surface area contributed by atoms with Crippen LogP contribution in [0.25, 0.3) is 0 Å². The summed E-state index contributed by atoms with van der Waals surface area (Å²) in [5.74, 6) is 1.98. The minimum absolute atomic E-state index is 0.509. The van der Waals surface area contributed by atoms with Crippen molar-refractivity contribution in [3.63, 3.8) is 0 Å². The smallest absolute Gasteiger partial charge is 0.122 e. The average Bonchev–Trinajstić information content (AvgIpc) is 2.48. The Morgan fingerprint density at radius 2 is 1.90 bits per heavy atom. The van der Waals surface area contributed by atoms with Gasteiger partial charge in [-0.3, -0.25) is 0 Å². The molecule has 0 spiro atoms. The molecule has 0 bridgehead atoms. The highest BCUT2D eigenvalue weighted by Crippen LogP contribution is 2.27. The molecule has 1 saturated carbocycles. The molecule has 0 heterocycles. The molecule has 1 fully saturated rings. The molecule has 112 valence electrons. The Labute approximate surface area is 123 Å². The summed E-state index contributed by atoms with van der Waals surface area (Å²) in [7, 11) is 1.75. The van der Waals surface area contributed by atoms with E-state index in [9.17, 15) is 0 Å². The fourth-order valence-corrected chi connectivity index (χ4v) is 3.40. The van der Waals surface area contributed by atoms with E-state index in [1.54, 1.807) is 7.11 Å². The van der Waals surface area contributed by atoms with Gasteiger partial charge in [-0.15, -0.1) is 0 Å². The van der Waals surface area contributed by atoms with Crippen LogP contribution in [0.15, 0.2) is 24.3 Å². The van der Waals surface area contributed by atoms with Crippen LogP contribution in [0.4, 0.5) is 0 Å². The van der Waals surface area contributed by atoms with E-state index in [0.29, 0.717) is 12.1 Å². The van der Waals surface area contributed by atoms with Gasteiger partial charge in [0.2, 0.25) is 0 Å². The van der Waals surface area contributed by atoms with Crippen molar-refractivity contribution in [2.24, 2.45) is 5.92 Å². The second-order valence-corrected chi connectivity index (χ2v) is 6.21. The molecule has 2 heteroatoms. The lowest BCUT2D eigenvalue weighted by Gasteiger charge is -2.31. The fourth-order valence-electron chi connectivity index (χ4n) is 3.40. The van der Waals surface area contributed by atoms with Crippen molar-refractivity contribution in [1.82, 2.24) is 5.32 Å². The van der Waals surface area contributed by atoms with Crippen LogP contribution < -0.4 is 10.1 Å². The van der Waals surface area contributed by atoms with Crippen molar-refractivity contribution in [3.05, 3.63) is 29.8 Å². The first-order valence-electron chi connectivity index (χ1n) is 8.10. The summed E-state index contributed by atoms with van der Waals surface area (Å²) >= 11 is 0. The van der Waals surface area contributed by atoms with E-state index in [0.717, 1.165) is 18.1 Å². The number of benzene rings is 1. The van der Waals surface area contributed by atoms with Crippen molar-refractivity contribution in [2.45, 2.75) is 64.5 Å². The van der Waals surface area contributed by atoms with Gasteiger partial charge in [0, 0.05) is 12.1 Å². The Hall–Kier alpha value is -1.02. The average molecular weight is 275 g/mol. The zero-order valence-electron chi connectivity index (χ0n) is 13.2. The van der Waals surface area contributed by atoms with Gasteiger partial charge in [-0.25, -0.2) is 0 Å². The monoisotopic (exact) mass is 275 g/mol. The Morgan fingerprint density at radius 1 is 1.20 bits per heavy atom. The van der Waals surface area contributed by atoms with Crippen LogP contribution in [0.5, 0.6) is 5.75 Å². The summed E-state index contributed by atoms with van der Waals surface area (Å²) in [5.41, 5.74) is 1.30. The lowest BCUT2D eigenvalue weighted by atomic mass is 9.84. The van der Waals surface area contributed by atoms with Crippen molar-refractivity contribution >= 4 is 0 Å². The number of para-hydroxylation sites is 1. The van der Waals surface area contributed by atoms with Gasteiger partial charge in [0.25, 0.3) is 0 Å². The number of methoxy groups -OCH3 is 1. The molecule has 2 nitrogen and oxygen atoms in total. The first-order valence-corrected chi connectivity index (χ1v) is 8.10. The molecule has 1 unspecified atom stereocenters. The Bertz CT molecular complexity index is 396. The van der Waals surface area contributed by atoms with E-state index in [-0.39, 0.29) is 0 Å².